The highest BCUT2D eigenvalue weighted by Gasteiger charge is 2.48. The lowest BCUT2D eigenvalue weighted by atomic mass is 9.75. The topological polar surface area (TPSA) is 126 Å². The van der Waals surface area contributed by atoms with E-state index in [9.17, 15) is 23.1 Å². The number of nitrogens with one attached hydrogen (secondary N) is 1. The predicted octanol–water partition coefficient (Wildman–Crippen LogP) is 3.46. The number of sulfone groups is 1. The molecule has 0 radical (unpaired) electrons. The number of amides is 2. The minimum absolute atomic E-state index is 0.113. The van der Waals surface area contributed by atoms with Crippen molar-refractivity contribution in [3.63, 3.8) is 0 Å². The van der Waals surface area contributed by atoms with Crippen molar-refractivity contribution in [1.29, 1.82) is 0 Å². The molecule has 1 fully saturated rings. The molecule has 0 bridgehead atoms. The SMILES string of the molecule is CCOc1nc(C2(N(C(=O)O)C(C)(C)C)CCCCC2)ccc1C(=O)N[C@@H]1C=CS(=O)(=O)C1. The fourth-order valence-electron chi connectivity index (χ4n) is 4.87. The van der Waals surface area contributed by atoms with Crippen LogP contribution >= 0.6 is 0 Å². The Morgan fingerprint density at radius 2 is 1.91 bits per heavy atom. The van der Waals surface area contributed by atoms with E-state index < -0.39 is 39.0 Å². The average molecular weight is 480 g/mol. The van der Waals surface area contributed by atoms with Gasteiger partial charge in [0.2, 0.25) is 5.88 Å². The number of hydrogen-bond acceptors (Lipinski definition) is 6. The first-order chi connectivity index (χ1) is 15.4. The summed E-state index contributed by atoms with van der Waals surface area (Å²) < 4.78 is 29.0. The summed E-state index contributed by atoms with van der Waals surface area (Å²) in [5, 5.41) is 13.9. The second-order valence-corrected chi connectivity index (χ2v) is 11.5. The Bertz CT molecular complexity index is 1040. The standard InChI is InChI=1S/C23H33N3O6S/c1-5-32-20-17(19(27)24-16-11-14-33(30,31)15-16)9-10-18(25-20)23(12-7-6-8-13-23)26(21(28)29)22(2,3)4/h9-11,14,16H,5-8,12-13,15H2,1-4H3,(H,24,27)(H,28,29)/t16-/m1/s1. The lowest BCUT2D eigenvalue weighted by Gasteiger charge is -2.50. The van der Waals surface area contributed by atoms with Crippen molar-refractivity contribution in [2.24, 2.45) is 0 Å². The summed E-state index contributed by atoms with van der Waals surface area (Å²) >= 11 is 0. The smallest absolute Gasteiger partial charge is 0.408 e. The minimum Gasteiger partial charge on any atom is -0.477 e. The van der Waals surface area contributed by atoms with Gasteiger partial charge in [-0.05, 0) is 58.7 Å². The largest absolute Gasteiger partial charge is 0.477 e. The molecular weight excluding hydrogens is 446 g/mol. The van der Waals surface area contributed by atoms with Crippen molar-refractivity contribution in [3.8, 4) is 5.88 Å². The summed E-state index contributed by atoms with van der Waals surface area (Å²) in [6.07, 6.45) is 4.46. The number of carboxylic acid groups (broad SMARTS) is 1. The maximum absolute atomic E-state index is 12.9. The number of carbonyl (C=O) groups is 2. The van der Waals surface area contributed by atoms with E-state index >= 15 is 0 Å². The number of rotatable bonds is 6. The second kappa shape index (κ2) is 9.32. The fourth-order valence-corrected chi connectivity index (χ4v) is 6.11. The van der Waals surface area contributed by atoms with Crippen LogP contribution in [0.3, 0.4) is 0 Å². The van der Waals surface area contributed by atoms with Crippen LogP contribution in [0.5, 0.6) is 5.88 Å². The minimum atomic E-state index is -3.31. The molecule has 33 heavy (non-hydrogen) atoms. The van der Waals surface area contributed by atoms with Crippen molar-refractivity contribution >= 4 is 21.8 Å². The van der Waals surface area contributed by atoms with Crippen molar-refractivity contribution < 1.29 is 27.9 Å². The van der Waals surface area contributed by atoms with E-state index in [1.807, 2.05) is 20.8 Å². The third-order valence-corrected chi connectivity index (χ3v) is 7.48. The monoisotopic (exact) mass is 479 g/mol. The summed E-state index contributed by atoms with van der Waals surface area (Å²) in [5.74, 6) is -0.564. The summed E-state index contributed by atoms with van der Waals surface area (Å²) in [4.78, 5) is 31.5. The molecule has 3 rings (SSSR count). The van der Waals surface area contributed by atoms with Crippen LogP contribution in [-0.4, -0.2) is 59.3 Å². The van der Waals surface area contributed by atoms with Crippen LogP contribution in [0.1, 0.15) is 75.9 Å². The molecule has 2 amide bonds. The highest BCUT2D eigenvalue weighted by molar-refractivity contribution is 7.94. The Hall–Kier alpha value is -2.62. The molecule has 9 nitrogen and oxygen atoms in total. The van der Waals surface area contributed by atoms with Crippen LogP contribution in [-0.2, 0) is 15.4 Å². The van der Waals surface area contributed by atoms with E-state index in [1.165, 1.54) is 11.0 Å². The highest BCUT2D eigenvalue weighted by atomic mass is 32.2. The van der Waals surface area contributed by atoms with Gasteiger partial charge in [-0.3, -0.25) is 9.69 Å². The van der Waals surface area contributed by atoms with Crippen LogP contribution in [0.4, 0.5) is 4.79 Å². The van der Waals surface area contributed by atoms with Crippen LogP contribution in [0.15, 0.2) is 23.6 Å². The van der Waals surface area contributed by atoms with Crippen molar-refractivity contribution in [3.05, 3.63) is 34.9 Å². The molecule has 1 atom stereocenters. The third kappa shape index (κ3) is 5.31. The molecule has 0 spiro atoms. The fraction of sp³-hybridized carbons (Fsp3) is 0.609. The van der Waals surface area contributed by atoms with Gasteiger partial charge in [-0.2, -0.15) is 0 Å². The number of ether oxygens (including phenoxy) is 1. The average Bonchev–Trinajstić information content (AvgIpc) is 3.05. The summed E-state index contributed by atoms with van der Waals surface area (Å²) in [5.41, 5.74) is -0.747. The maximum Gasteiger partial charge on any atom is 0.408 e. The molecule has 1 aliphatic heterocycles. The van der Waals surface area contributed by atoms with Gasteiger partial charge in [-0.25, -0.2) is 18.2 Å². The molecule has 0 aromatic carbocycles. The first kappa shape index (κ1) is 25.0. The number of carbonyl (C=O) groups excluding carboxylic acids is 1. The molecule has 1 aromatic rings. The van der Waals surface area contributed by atoms with Gasteiger partial charge in [0.05, 0.1) is 29.6 Å². The predicted molar refractivity (Wildman–Crippen MR) is 124 cm³/mol. The van der Waals surface area contributed by atoms with Gasteiger partial charge in [0.25, 0.3) is 5.91 Å². The van der Waals surface area contributed by atoms with Crippen LogP contribution in [0.2, 0.25) is 0 Å². The van der Waals surface area contributed by atoms with E-state index in [2.05, 4.69) is 10.3 Å². The highest BCUT2D eigenvalue weighted by Crippen LogP contribution is 2.45. The maximum atomic E-state index is 12.9. The zero-order valence-corrected chi connectivity index (χ0v) is 20.4. The molecule has 2 heterocycles. The van der Waals surface area contributed by atoms with E-state index in [-0.39, 0.29) is 23.8 Å². The van der Waals surface area contributed by atoms with Gasteiger partial charge < -0.3 is 15.2 Å². The molecular formula is C23H33N3O6S. The van der Waals surface area contributed by atoms with Gasteiger partial charge in [-0.1, -0.05) is 19.3 Å². The second-order valence-electron chi connectivity index (χ2n) is 9.60. The molecule has 10 heteroatoms. The zero-order chi connectivity index (χ0) is 24.4. The Kier molecular flexibility index (Phi) is 7.07. The first-order valence-electron chi connectivity index (χ1n) is 11.3. The summed E-state index contributed by atoms with van der Waals surface area (Å²) in [6, 6.07) is 2.67. The summed E-state index contributed by atoms with van der Waals surface area (Å²) in [7, 11) is -3.31. The molecule has 1 aromatic heterocycles. The Labute approximate surface area is 195 Å². The van der Waals surface area contributed by atoms with Gasteiger partial charge in [-0.15, -0.1) is 0 Å². The van der Waals surface area contributed by atoms with Gasteiger partial charge in [0.15, 0.2) is 9.84 Å². The zero-order valence-electron chi connectivity index (χ0n) is 19.6. The normalized spacial score (nSPS) is 21.4. The van der Waals surface area contributed by atoms with E-state index in [0.717, 1.165) is 24.7 Å². The number of aromatic nitrogens is 1. The Morgan fingerprint density at radius 1 is 1.24 bits per heavy atom. The molecule has 1 saturated carbocycles. The van der Waals surface area contributed by atoms with Gasteiger partial charge >= 0.3 is 6.09 Å². The number of nitrogens with zero attached hydrogens (tertiary/aromatic N) is 2. The van der Waals surface area contributed by atoms with Crippen molar-refractivity contribution in [1.82, 2.24) is 15.2 Å². The molecule has 182 valence electrons. The molecule has 1 aliphatic carbocycles. The number of hydrogen-bond donors (Lipinski definition) is 2. The Balaban J connectivity index is 2.01. The molecule has 2 N–H and O–H groups in total. The van der Waals surface area contributed by atoms with E-state index in [4.69, 9.17) is 4.74 Å². The van der Waals surface area contributed by atoms with Gasteiger partial charge in [0, 0.05) is 10.9 Å². The number of pyridine rings is 1. The van der Waals surface area contributed by atoms with E-state index in [1.54, 1.807) is 19.1 Å². The first-order valence-corrected chi connectivity index (χ1v) is 13.0. The lowest BCUT2D eigenvalue weighted by molar-refractivity contribution is -0.0114. The summed E-state index contributed by atoms with van der Waals surface area (Å²) in [6.45, 7) is 7.64. The van der Waals surface area contributed by atoms with E-state index in [0.29, 0.717) is 18.5 Å². The van der Waals surface area contributed by atoms with Crippen molar-refractivity contribution in [2.45, 2.75) is 76.9 Å². The van der Waals surface area contributed by atoms with Crippen LogP contribution < -0.4 is 10.1 Å². The molecule has 2 aliphatic rings. The quantitative estimate of drug-likeness (QED) is 0.640. The molecule has 0 saturated heterocycles. The third-order valence-electron chi connectivity index (χ3n) is 6.08. The Morgan fingerprint density at radius 3 is 2.42 bits per heavy atom. The molecule has 0 unspecified atom stereocenters. The van der Waals surface area contributed by atoms with Crippen molar-refractivity contribution in [2.75, 3.05) is 12.4 Å². The van der Waals surface area contributed by atoms with Crippen LogP contribution in [0, 0.1) is 0 Å². The van der Waals surface area contributed by atoms with Crippen LogP contribution in [0.25, 0.3) is 0 Å². The lowest BCUT2D eigenvalue weighted by Crippen LogP contribution is -2.58. The van der Waals surface area contributed by atoms with Gasteiger partial charge in [0.1, 0.15) is 5.56 Å².